The van der Waals surface area contributed by atoms with Gasteiger partial charge in [0.05, 0.1) is 18.2 Å². The molecule has 22 heavy (non-hydrogen) atoms. The number of amides is 1. The second kappa shape index (κ2) is 6.67. The summed E-state index contributed by atoms with van der Waals surface area (Å²) in [5.74, 6) is 0.0163. The standard InChI is InChI=1S/C16H20ClNO4/c1-3-16(4-2)15(21)18(7-8-19)12-9-11(13(20)10-17)5-6-14(12)22-16/h5-6,9,19H,3-4,7-8,10H2,1-2H3. The Kier molecular flexibility index (Phi) is 5.08. The number of halogens is 1. The molecule has 1 aliphatic heterocycles. The van der Waals surface area contributed by atoms with Gasteiger partial charge in [-0.3, -0.25) is 9.59 Å². The van der Waals surface area contributed by atoms with Crippen LogP contribution < -0.4 is 9.64 Å². The van der Waals surface area contributed by atoms with Gasteiger partial charge >= 0.3 is 0 Å². The van der Waals surface area contributed by atoms with Gasteiger partial charge in [-0.25, -0.2) is 0 Å². The van der Waals surface area contributed by atoms with Crippen LogP contribution in [0.2, 0.25) is 0 Å². The summed E-state index contributed by atoms with van der Waals surface area (Å²) in [6.45, 7) is 3.79. The molecule has 1 amide bonds. The Morgan fingerprint density at radius 1 is 1.36 bits per heavy atom. The van der Waals surface area contributed by atoms with E-state index in [1.807, 2.05) is 13.8 Å². The van der Waals surface area contributed by atoms with Crippen LogP contribution in [0.5, 0.6) is 5.75 Å². The topological polar surface area (TPSA) is 66.8 Å². The first-order valence-electron chi connectivity index (χ1n) is 7.38. The van der Waals surface area contributed by atoms with Crippen LogP contribution in [0.3, 0.4) is 0 Å². The Balaban J connectivity index is 2.53. The Morgan fingerprint density at radius 2 is 2.05 bits per heavy atom. The molecule has 0 unspecified atom stereocenters. The molecule has 0 aromatic heterocycles. The molecule has 0 saturated heterocycles. The van der Waals surface area contributed by atoms with Gasteiger partial charge in [0.25, 0.3) is 5.91 Å². The maximum absolute atomic E-state index is 12.8. The Hall–Kier alpha value is -1.59. The van der Waals surface area contributed by atoms with Crippen molar-refractivity contribution in [3.8, 4) is 5.75 Å². The number of benzene rings is 1. The predicted octanol–water partition coefficient (Wildman–Crippen LogP) is 2.38. The van der Waals surface area contributed by atoms with E-state index in [1.165, 1.54) is 4.90 Å². The zero-order chi connectivity index (χ0) is 16.3. The zero-order valence-electron chi connectivity index (χ0n) is 12.8. The molecule has 0 saturated carbocycles. The summed E-state index contributed by atoms with van der Waals surface area (Å²) in [6.07, 6.45) is 1.07. The summed E-state index contributed by atoms with van der Waals surface area (Å²) < 4.78 is 5.96. The Morgan fingerprint density at radius 3 is 2.59 bits per heavy atom. The van der Waals surface area contributed by atoms with Crippen molar-refractivity contribution in [2.24, 2.45) is 0 Å². The average molecular weight is 326 g/mol. The second-order valence-corrected chi connectivity index (χ2v) is 5.49. The summed E-state index contributed by atoms with van der Waals surface area (Å²) in [4.78, 5) is 26.0. The smallest absolute Gasteiger partial charge is 0.271 e. The first-order chi connectivity index (χ1) is 10.5. The van der Waals surface area contributed by atoms with E-state index >= 15 is 0 Å². The monoisotopic (exact) mass is 325 g/mol. The molecule has 0 bridgehead atoms. The number of anilines is 1. The van der Waals surface area contributed by atoms with E-state index in [0.29, 0.717) is 29.8 Å². The van der Waals surface area contributed by atoms with Gasteiger partial charge in [0.2, 0.25) is 0 Å². The molecule has 1 aromatic rings. The number of carbonyl (C=O) groups excluding carboxylic acids is 2. The molecule has 1 aromatic carbocycles. The molecular weight excluding hydrogens is 306 g/mol. The molecule has 0 spiro atoms. The second-order valence-electron chi connectivity index (χ2n) is 5.22. The van der Waals surface area contributed by atoms with E-state index in [-0.39, 0.29) is 30.7 Å². The van der Waals surface area contributed by atoms with Crippen LogP contribution in [0.1, 0.15) is 37.0 Å². The number of carbonyl (C=O) groups is 2. The van der Waals surface area contributed by atoms with Gasteiger partial charge in [0.15, 0.2) is 11.4 Å². The Labute approximate surface area is 134 Å². The maximum Gasteiger partial charge on any atom is 0.271 e. The number of hydrogen-bond donors (Lipinski definition) is 1. The van der Waals surface area contributed by atoms with Crippen molar-refractivity contribution in [2.45, 2.75) is 32.3 Å². The highest BCUT2D eigenvalue weighted by Crippen LogP contribution is 2.41. The van der Waals surface area contributed by atoms with Gasteiger partial charge in [-0.05, 0) is 31.0 Å². The van der Waals surface area contributed by atoms with Crippen molar-refractivity contribution < 1.29 is 19.4 Å². The number of alkyl halides is 1. The minimum absolute atomic E-state index is 0.124. The minimum Gasteiger partial charge on any atom is -0.475 e. The summed E-state index contributed by atoms with van der Waals surface area (Å²) in [6, 6.07) is 4.93. The van der Waals surface area contributed by atoms with Gasteiger partial charge in [0.1, 0.15) is 5.75 Å². The summed E-state index contributed by atoms with van der Waals surface area (Å²) in [5.41, 5.74) is 0.0151. The van der Waals surface area contributed by atoms with Gasteiger partial charge in [-0.1, -0.05) is 13.8 Å². The fourth-order valence-electron chi connectivity index (χ4n) is 2.69. The quantitative estimate of drug-likeness (QED) is 0.644. The lowest BCUT2D eigenvalue weighted by Gasteiger charge is -2.42. The molecule has 1 N–H and O–H groups in total. The van der Waals surface area contributed by atoms with Crippen LogP contribution in [0.4, 0.5) is 5.69 Å². The van der Waals surface area contributed by atoms with Crippen LogP contribution in [0.15, 0.2) is 18.2 Å². The van der Waals surface area contributed by atoms with Crippen molar-refractivity contribution in [1.29, 1.82) is 0 Å². The highest BCUT2D eigenvalue weighted by molar-refractivity contribution is 6.30. The summed E-state index contributed by atoms with van der Waals surface area (Å²) in [7, 11) is 0. The fraction of sp³-hybridized carbons (Fsp3) is 0.500. The number of aliphatic hydroxyl groups is 1. The SMILES string of the molecule is CCC1(CC)Oc2ccc(C(=O)CCl)cc2N(CCO)C1=O. The first kappa shape index (κ1) is 16.8. The van der Waals surface area contributed by atoms with Gasteiger partial charge in [0, 0.05) is 12.1 Å². The largest absolute Gasteiger partial charge is 0.475 e. The zero-order valence-corrected chi connectivity index (χ0v) is 13.5. The lowest BCUT2D eigenvalue weighted by atomic mass is 9.92. The first-order valence-corrected chi connectivity index (χ1v) is 7.91. The van der Waals surface area contributed by atoms with Crippen LogP contribution in [-0.4, -0.2) is 41.4 Å². The highest BCUT2D eigenvalue weighted by atomic mass is 35.5. The number of aliphatic hydroxyl groups excluding tert-OH is 1. The van der Waals surface area contributed by atoms with E-state index in [1.54, 1.807) is 18.2 Å². The lowest BCUT2D eigenvalue weighted by Crippen LogP contribution is -2.56. The van der Waals surface area contributed by atoms with Crippen LogP contribution in [0.25, 0.3) is 0 Å². The van der Waals surface area contributed by atoms with E-state index in [4.69, 9.17) is 16.3 Å². The third-order valence-corrected chi connectivity index (χ3v) is 4.34. The van der Waals surface area contributed by atoms with Gasteiger partial charge in [-0.2, -0.15) is 0 Å². The lowest BCUT2D eigenvalue weighted by molar-refractivity contribution is -0.136. The number of Topliss-reactive ketones (excluding diaryl/α,β-unsaturated/α-hetero) is 1. The molecule has 1 heterocycles. The van der Waals surface area contributed by atoms with Crippen LogP contribution in [0, 0.1) is 0 Å². The van der Waals surface area contributed by atoms with E-state index < -0.39 is 5.60 Å². The minimum atomic E-state index is -0.916. The van der Waals surface area contributed by atoms with E-state index in [0.717, 1.165) is 0 Å². The number of ether oxygens (including phenoxy) is 1. The van der Waals surface area contributed by atoms with Crippen LogP contribution in [-0.2, 0) is 4.79 Å². The molecule has 2 rings (SSSR count). The van der Waals surface area contributed by atoms with Crippen molar-refractivity contribution in [3.05, 3.63) is 23.8 Å². The summed E-state index contributed by atoms with van der Waals surface area (Å²) >= 11 is 5.58. The predicted molar refractivity (Wildman–Crippen MR) is 84.9 cm³/mol. The molecule has 0 radical (unpaired) electrons. The number of fused-ring (bicyclic) bond motifs is 1. The molecule has 0 fully saturated rings. The van der Waals surface area contributed by atoms with Crippen molar-refractivity contribution in [1.82, 2.24) is 0 Å². The molecule has 120 valence electrons. The number of hydrogen-bond acceptors (Lipinski definition) is 4. The number of nitrogens with zero attached hydrogens (tertiary/aromatic N) is 1. The highest BCUT2D eigenvalue weighted by Gasteiger charge is 2.45. The molecule has 1 aliphatic rings. The average Bonchev–Trinajstić information content (AvgIpc) is 2.56. The fourth-order valence-corrected chi connectivity index (χ4v) is 2.85. The van der Waals surface area contributed by atoms with Crippen LogP contribution >= 0.6 is 11.6 Å². The molecule has 6 heteroatoms. The third kappa shape index (κ3) is 2.71. The number of ketones is 1. The van der Waals surface area contributed by atoms with Crippen molar-refractivity contribution >= 4 is 29.0 Å². The Bertz CT molecular complexity index is 584. The normalized spacial score (nSPS) is 16.2. The third-order valence-electron chi connectivity index (χ3n) is 4.10. The van der Waals surface area contributed by atoms with Gasteiger partial charge in [-0.15, -0.1) is 11.6 Å². The van der Waals surface area contributed by atoms with Crippen molar-refractivity contribution in [2.75, 3.05) is 23.9 Å². The maximum atomic E-state index is 12.8. The molecule has 0 atom stereocenters. The molecule has 5 nitrogen and oxygen atoms in total. The van der Waals surface area contributed by atoms with Crippen molar-refractivity contribution in [3.63, 3.8) is 0 Å². The number of β-amino-alcohol motifs (C(OH)–C–C–N with tert-alkyl or cyclic N) is 1. The van der Waals surface area contributed by atoms with E-state index in [9.17, 15) is 14.7 Å². The number of rotatable bonds is 6. The molecular formula is C16H20ClNO4. The van der Waals surface area contributed by atoms with E-state index in [2.05, 4.69) is 0 Å². The summed E-state index contributed by atoms with van der Waals surface area (Å²) in [5, 5.41) is 9.28. The van der Waals surface area contributed by atoms with Gasteiger partial charge < -0.3 is 14.7 Å². The molecule has 0 aliphatic carbocycles.